The number of piperazine rings is 1. The highest BCUT2D eigenvalue weighted by atomic mass is 16.4. The van der Waals surface area contributed by atoms with Gasteiger partial charge >= 0.3 is 5.97 Å². The van der Waals surface area contributed by atoms with Crippen LogP contribution in [0.2, 0.25) is 0 Å². The van der Waals surface area contributed by atoms with E-state index in [-0.39, 0.29) is 25.0 Å². The number of hydrogen-bond donors (Lipinski definition) is 1. The van der Waals surface area contributed by atoms with Crippen molar-refractivity contribution >= 4 is 11.9 Å². The van der Waals surface area contributed by atoms with Crippen LogP contribution in [0.15, 0.2) is 0 Å². The van der Waals surface area contributed by atoms with E-state index in [1.165, 1.54) is 0 Å². The van der Waals surface area contributed by atoms with Crippen molar-refractivity contribution in [3.05, 3.63) is 0 Å². The zero-order valence-corrected chi connectivity index (χ0v) is 8.85. The van der Waals surface area contributed by atoms with Gasteiger partial charge in [0.25, 0.3) is 0 Å². The molecule has 1 heterocycles. The molecule has 0 aromatic heterocycles. The summed E-state index contributed by atoms with van der Waals surface area (Å²) in [6.45, 7) is 2.89. The molecule has 1 unspecified atom stereocenters. The van der Waals surface area contributed by atoms with Crippen LogP contribution in [0.5, 0.6) is 0 Å². The lowest BCUT2D eigenvalue weighted by Crippen LogP contribution is -2.56. The van der Waals surface area contributed by atoms with Crippen LogP contribution in [0, 0.1) is 0 Å². The fraction of sp³-hybridized carbons (Fsp3) is 0.800. The minimum atomic E-state index is -0.866. The Labute approximate surface area is 88.6 Å². The van der Waals surface area contributed by atoms with E-state index in [0.717, 1.165) is 12.8 Å². The standard InChI is InChI=1S/C10H16N2O3/c1-7-4-11(6-10(14)15)5-9(13)12(7)8-2-3-8/h7-8H,2-6H2,1H3,(H,14,15). The molecule has 1 aliphatic carbocycles. The number of amides is 1. The van der Waals surface area contributed by atoms with Crippen LogP contribution >= 0.6 is 0 Å². The molecule has 2 fully saturated rings. The van der Waals surface area contributed by atoms with Gasteiger partial charge in [0.2, 0.25) is 5.91 Å². The average Bonchev–Trinajstić information content (AvgIpc) is 2.84. The first-order valence-corrected chi connectivity index (χ1v) is 5.33. The molecule has 0 aromatic rings. The second kappa shape index (κ2) is 3.81. The number of carbonyl (C=O) groups excluding carboxylic acids is 1. The highest BCUT2D eigenvalue weighted by molar-refractivity contribution is 5.81. The Hall–Kier alpha value is -1.10. The van der Waals surface area contributed by atoms with Gasteiger partial charge in [-0.05, 0) is 19.8 Å². The van der Waals surface area contributed by atoms with Crippen molar-refractivity contribution in [3.8, 4) is 0 Å². The summed E-state index contributed by atoms with van der Waals surface area (Å²) < 4.78 is 0. The Morgan fingerprint density at radius 2 is 2.20 bits per heavy atom. The number of nitrogens with zero attached hydrogens (tertiary/aromatic N) is 2. The van der Waals surface area contributed by atoms with Gasteiger partial charge in [-0.25, -0.2) is 0 Å². The van der Waals surface area contributed by atoms with E-state index in [2.05, 4.69) is 0 Å². The number of aliphatic carboxylic acids is 1. The molecule has 0 spiro atoms. The maximum absolute atomic E-state index is 11.8. The molecule has 0 bridgehead atoms. The second-order valence-electron chi connectivity index (χ2n) is 4.44. The molecule has 2 rings (SSSR count). The van der Waals surface area contributed by atoms with Crippen LogP contribution in [-0.2, 0) is 9.59 Å². The van der Waals surface area contributed by atoms with E-state index in [0.29, 0.717) is 12.6 Å². The third-order valence-corrected chi connectivity index (χ3v) is 2.94. The molecule has 5 heteroatoms. The molecule has 1 atom stereocenters. The zero-order valence-electron chi connectivity index (χ0n) is 8.85. The molecule has 2 aliphatic rings. The van der Waals surface area contributed by atoms with E-state index in [4.69, 9.17) is 5.11 Å². The van der Waals surface area contributed by atoms with Crippen LogP contribution < -0.4 is 0 Å². The number of carboxylic acids is 1. The first kappa shape index (κ1) is 10.4. The summed E-state index contributed by atoms with van der Waals surface area (Å²) in [4.78, 5) is 25.9. The topological polar surface area (TPSA) is 60.9 Å². The van der Waals surface area contributed by atoms with Crippen molar-refractivity contribution in [1.29, 1.82) is 0 Å². The largest absolute Gasteiger partial charge is 0.480 e. The van der Waals surface area contributed by atoms with Gasteiger partial charge in [-0.15, -0.1) is 0 Å². The fourth-order valence-corrected chi connectivity index (χ4v) is 2.27. The summed E-state index contributed by atoms with van der Waals surface area (Å²) in [5, 5.41) is 8.66. The summed E-state index contributed by atoms with van der Waals surface area (Å²) >= 11 is 0. The van der Waals surface area contributed by atoms with Crippen molar-refractivity contribution in [2.75, 3.05) is 19.6 Å². The van der Waals surface area contributed by atoms with Crippen molar-refractivity contribution in [2.24, 2.45) is 0 Å². The maximum atomic E-state index is 11.8. The van der Waals surface area contributed by atoms with Crippen molar-refractivity contribution < 1.29 is 14.7 Å². The average molecular weight is 212 g/mol. The number of hydrogen-bond acceptors (Lipinski definition) is 3. The van der Waals surface area contributed by atoms with Crippen LogP contribution in [0.4, 0.5) is 0 Å². The van der Waals surface area contributed by atoms with Gasteiger partial charge in [0.05, 0.1) is 13.1 Å². The Kier molecular flexibility index (Phi) is 2.65. The third kappa shape index (κ3) is 2.28. The summed E-state index contributed by atoms with van der Waals surface area (Å²) in [5.41, 5.74) is 0. The Morgan fingerprint density at radius 1 is 1.53 bits per heavy atom. The smallest absolute Gasteiger partial charge is 0.317 e. The summed E-state index contributed by atoms with van der Waals surface area (Å²) in [6, 6.07) is 0.581. The molecule has 1 saturated carbocycles. The maximum Gasteiger partial charge on any atom is 0.317 e. The van der Waals surface area contributed by atoms with Crippen LogP contribution in [0.1, 0.15) is 19.8 Å². The molecule has 1 N–H and O–H groups in total. The van der Waals surface area contributed by atoms with Gasteiger partial charge in [-0.2, -0.15) is 0 Å². The molecule has 5 nitrogen and oxygen atoms in total. The Balaban J connectivity index is 1.96. The van der Waals surface area contributed by atoms with E-state index >= 15 is 0 Å². The molecular formula is C10H16N2O3. The van der Waals surface area contributed by atoms with Gasteiger partial charge in [0, 0.05) is 18.6 Å². The highest BCUT2D eigenvalue weighted by Crippen LogP contribution is 2.30. The van der Waals surface area contributed by atoms with Gasteiger partial charge in [-0.1, -0.05) is 0 Å². The van der Waals surface area contributed by atoms with E-state index in [9.17, 15) is 9.59 Å². The molecule has 1 amide bonds. The molecule has 1 saturated heterocycles. The quantitative estimate of drug-likeness (QED) is 0.701. The van der Waals surface area contributed by atoms with Crippen LogP contribution in [0.25, 0.3) is 0 Å². The molecule has 0 aromatic carbocycles. The van der Waals surface area contributed by atoms with Gasteiger partial charge < -0.3 is 10.0 Å². The van der Waals surface area contributed by atoms with Crippen LogP contribution in [0.3, 0.4) is 0 Å². The minimum absolute atomic E-state index is 0.0331. The van der Waals surface area contributed by atoms with Crippen molar-refractivity contribution in [1.82, 2.24) is 9.80 Å². The lowest BCUT2D eigenvalue weighted by Gasteiger charge is -2.39. The van der Waals surface area contributed by atoms with Crippen molar-refractivity contribution in [2.45, 2.75) is 31.8 Å². The normalized spacial score (nSPS) is 28.2. The number of rotatable bonds is 3. The number of carboxylic acid groups (broad SMARTS) is 1. The van der Waals surface area contributed by atoms with E-state index < -0.39 is 5.97 Å². The zero-order chi connectivity index (χ0) is 11.0. The Bertz CT molecular complexity index is 288. The second-order valence-corrected chi connectivity index (χ2v) is 4.44. The minimum Gasteiger partial charge on any atom is -0.480 e. The first-order valence-electron chi connectivity index (χ1n) is 5.33. The molecule has 1 aliphatic heterocycles. The van der Waals surface area contributed by atoms with Gasteiger partial charge in [-0.3, -0.25) is 14.5 Å². The third-order valence-electron chi connectivity index (χ3n) is 2.94. The predicted molar refractivity (Wildman–Crippen MR) is 53.4 cm³/mol. The first-order chi connectivity index (χ1) is 7.08. The van der Waals surface area contributed by atoms with E-state index in [1.54, 1.807) is 4.90 Å². The monoisotopic (exact) mass is 212 g/mol. The summed E-state index contributed by atoms with van der Waals surface area (Å²) in [6.07, 6.45) is 2.21. The van der Waals surface area contributed by atoms with Crippen LogP contribution in [-0.4, -0.2) is 58.5 Å². The molecule has 15 heavy (non-hydrogen) atoms. The number of carbonyl (C=O) groups is 2. The molecular weight excluding hydrogens is 196 g/mol. The predicted octanol–water partition coefficient (Wildman–Crippen LogP) is -0.234. The lowest BCUT2D eigenvalue weighted by atomic mass is 10.2. The van der Waals surface area contributed by atoms with Gasteiger partial charge in [0.15, 0.2) is 0 Å². The van der Waals surface area contributed by atoms with E-state index in [1.807, 2.05) is 11.8 Å². The Morgan fingerprint density at radius 3 is 2.67 bits per heavy atom. The SMILES string of the molecule is CC1CN(CC(=O)O)CC(=O)N1C1CC1. The van der Waals surface area contributed by atoms with Gasteiger partial charge in [0.1, 0.15) is 0 Å². The summed E-state index contributed by atoms with van der Waals surface area (Å²) in [5.74, 6) is -0.785. The lowest BCUT2D eigenvalue weighted by molar-refractivity contribution is -0.144. The van der Waals surface area contributed by atoms with Crippen molar-refractivity contribution in [3.63, 3.8) is 0 Å². The molecule has 84 valence electrons. The fourth-order valence-electron chi connectivity index (χ4n) is 2.27. The highest BCUT2D eigenvalue weighted by Gasteiger charge is 2.39. The summed E-state index contributed by atoms with van der Waals surface area (Å²) in [7, 11) is 0. The molecule has 0 radical (unpaired) electrons.